The van der Waals surface area contributed by atoms with Crippen LogP contribution in [0.15, 0.2) is 18.2 Å². The first-order valence-electron chi connectivity index (χ1n) is 7.16. The second-order valence-corrected chi connectivity index (χ2v) is 5.81. The molecular weight excluding hydrogens is 270 g/mol. The maximum Gasteiger partial charge on any atom is 0.336 e. The molecule has 2 rings (SSSR count). The molecule has 1 fully saturated rings. The zero-order valence-electron chi connectivity index (χ0n) is 12.6. The molecule has 21 heavy (non-hydrogen) atoms. The van der Waals surface area contributed by atoms with Gasteiger partial charge < -0.3 is 15.2 Å². The van der Waals surface area contributed by atoms with Gasteiger partial charge in [-0.3, -0.25) is 4.79 Å². The number of nitrogens with one attached hydrogen (secondary N) is 1. The third-order valence-corrected chi connectivity index (χ3v) is 3.99. The van der Waals surface area contributed by atoms with Crippen LogP contribution in [0.3, 0.4) is 0 Å². The lowest BCUT2D eigenvalue weighted by atomic mass is 9.89. The molecule has 0 spiro atoms. The number of carboxylic acid groups (broad SMARTS) is 1. The summed E-state index contributed by atoms with van der Waals surface area (Å²) in [5.74, 6) is -0.627. The number of carbonyl (C=O) groups excluding carboxylic acids is 1. The molecule has 0 aliphatic carbocycles. The summed E-state index contributed by atoms with van der Waals surface area (Å²) in [6.45, 7) is 6.47. The summed E-state index contributed by atoms with van der Waals surface area (Å²) in [4.78, 5) is 23.4. The van der Waals surface area contributed by atoms with E-state index in [0.29, 0.717) is 23.8 Å². The summed E-state index contributed by atoms with van der Waals surface area (Å²) in [6, 6.07) is 4.88. The molecule has 1 heterocycles. The SMILES string of the molecule is Cc1ccc(NC(=O)[C@H]2OCC[C@H]2C(C)C)cc1C(=O)O. The molecule has 114 valence electrons. The number of rotatable bonds is 4. The van der Waals surface area contributed by atoms with Gasteiger partial charge in [0.15, 0.2) is 0 Å². The minimum absolute atomic E-state index is 0.195. The van der Waals surface area contributed by atoms with Crippen LogP contribution >= 0.6 is 0 Å². The van der Waals surface area contributed by atoms with E-state index >= 15 is 0 Å². The summed E-state index contributed by atoms with van der Waals surface area (Å²) in [5, 5.41) is 11.9. The van der Waals surface area contributed by atoms with E-state index < -0.39 is 12.1 Å². The number of carboxylic acids is 1. The predicted octanol–water partition coefficient (Wildman–Crippen LogP) is 2.69. The van der Waals surface area contributed by atoms with Gasteiger partial charge in [-0.2, -0.15) is 0 Å². The highest BCUT2D eigenvalue weighted by atomic mass is 16.5. The monoisotopic (exact) mass is 291 g/mol. The Kier molecular flexibility index (Phi) is 4.63. The summed E-state index contributed by atoms with van der Waals surface area (Å²) in [5.41, 5.74) is 1.35. The fourth-order valence-corrected chi connectivity index (χ4v) is 2.70. The van der Waals surface area contributed by atoms with Crippen molar-refractivity contribution in [1.29, 1.82) is 0 Å². The molecule has 0 radical (unpaired) electrons. The summed E-state index contributed by atoms with van der Waals surface area (Å²) in [7, 11) is 0. The second kappa shape index (κ2) is 6.26. The van der Waals surface area contributed by atoms with Crippen LogP contribution in [-0.4, -0.2) is 29.7 Å². The molecule has 1 saturated heterocycles. The van der Waals surface area contributed by atoms with Crippen molar-refractivity contribution in [3.63, 3.8) is 0 Å². The molecule has 1 amide bonds. The Hall–Kier alpha value is -1.88. The van der Waals surface area contributed by atoms with Crippen molar-refractivity contribution in [3.05, 3.63) is 29.3 Å². The van der Waals surface area contributed by atoms with E-state index in [4.69, 9.17) is 9.84 Å². The van der Waals surface area contributed by atoms with Crippen molar-refractivity contribution in [3.8, 4) is 0 Å². The first-order valence-corrected chi connectivity index (χ1v) is 7.16. The first kappa shape index (κ1) is 15.5. The van der Waals surface area contributed by atoms with E-state index in [1.807, 2.05) is 0 Å². The highest BCUT2D eigenvalue weighted by molar-refractivity contribution is 5.97. The van der Waals surface area contributed by atoms with E-state index in [9.17, 15) is 9.59 Å². The lowest BCUT2D eigenvalue weighted by molar-refractivity contribution is -0.127. The number of aryl methyl sites for hydroxylation is 1. The van der Waals surface area contributed by atoms with Crippen LogP contribution in [0.1, 0.15) is 36.2 Å². The fraction of sp³-hybridized carbons (Fsp3) is 0.500. The van der Waals surface area contributed by atoms with Gasteiger partial charge in [-0.1, -0.05) is 19.9 Å². The van der Waals surface area contributed by atoms with Crippen LogP contribution in [0.4, 0.5) is 5.69 Å². The van der Waals surface area contributed by atoms with Crippen LogP contribution in [-0.2, 0) is 9.53 Å². The Balaban J connectivity index is 2.13. The van der Waals surface area contributed by atoms with Gasteiger partial charge >= 0.3 is 5.97 Å². The van der Waals surface area contributed by atoms with Gasteiger partial charge in [0.2, 0.25) is 0 Å². The van der Waals surface area contributed by atoms with Gasteiger partial charge in [-0.25, -0.2) is 4.79 Å². The van der Waals surface area contributed by atoms with Crippen LogP contribution in [0.5, 0.6) is 0 Å². The molecule has 1 aliphatic rings. The average Bonchev–Trinajstić information content (AvgIpc) is 2.90. The Morgan fingerprint density at radius 1 is 1.38 bits per heavy atom. The summed E-state index contributed by atoms with van der Waals surface area (Å²) < 4.78 is 5.53. The van der Waals surface area contributed by atoms with E-state index in [1.165, 1.54) is 6.07 Å². The zero-order valence-corrected chi connectivity index (χ0v) is 12.6. The molecule has 1 aromatic rings. The molecule has 0 bridgehead atoms. The highest BCUT2D eigenvalue weighted by Gasteiger charge is 2.36. The van der Waals surface area contributed by atoms with E-state index in [0.717, 1.165) is 6.42 Å². The molecule has 5 nitrogen and oxygen atoms in total. The lowest BCUT2D eigenvalue weighted by Gasteiger charge is -2.21. The van der Waals surface area contributed by atoms with Crippen molar-refractivity contribution in [2.24, 2.45) is 11.8 Å². The van der Waals surface area contributed by atoms with Crippen molar-refractivity contribution >= 4 is 17.6 Å². The molecule has 1 aromatic carbocycles. The second-order valence-electron chi connectivity index (χ2n) is 5.81. The maximum atomic E-state index is 12.3. The minimum atomic E-state index is -0.999. The molecule has 2 atom stereocenters. The molecule has 0 unspecified atom stereocenters. The van der Waals surface area contributed by atoms with Gasteiger partial charge in [0.1, 0.15) is 6.10 Å². The smallest absolute Gasteiger partial charge is 0.336 e. The molecule has 5 heteroatoms. The van der Waals surface area contributed by atoms with Crippen LogP contribution in [0, 0.1) is 18.8 Å². The third-order valence-electron chi connectivity index (χ3n) is 3.99. The van der Waals surface area contributed by atoms with Crippen LogP contribution in [0.2, 0.25) is 0 Å². The lowest BCUT2D eigenvalue weighted by Crippen LogP contribution is -2.34. The number of hydrogen-bond acceptors (Lipinski definition) is 3. The molecule has 0 saturated carbocycles. The van der Waals surface area contributed by atoms with Crippen molar-refractivity contribution in [2.75, 3.05) is 11.9 Å². The topological polar surface area (TPSA) is 75.6 Å². The summed E-state index contributed by atoms with van der Waals surface area (Å²) >= 11 is 0. The van der Waals surface area contributed by atoms with Gasteiger partial charge in [0, 0.05) is 12.3 Å². The highest BCUT2D eigenvalue weighted by Crippen LogP contribution is 2.29. The number of aromatic carboxylic acids is 1. The van der Waals surface area contributed by atoms with Gasteiger partial charge in [0.25, 0.3) is 5.91 Å². The minimum Gasteiger partial charge on any atom is -0.478 e. The quantitative estimate of drug-likeness (QED) is 0.894. The third kappa shape index (κ3) is 3.42. The summed E-state index contributed by atoms with van der Waals surface area (Å²) in [6.07, 6.45) is 0.420. The number of benzene rings is 1. The zero-order chi connectivity index (χ0) is 15.6. The van der Waals surface area contributed by atoms with Crippen molar-refractivity contribution < 1.29 is 19.4 Å². The average molecular weight is 291 g/mol. The molecule has 1 aliphatic heterocycles. The van der Waals surface area contributed by atoms with Gasteiger partial charge in [-0.05, 0) is 42.9 Å². The Morgan fingerprint density at radius 3 is 2.71 bits per heavy atom. The fourth-order valence-electron chi connectivity index (χ4n) is 2.70. The molecular formula is C16H21NO4. The number of ether oxygens (including phenoxy) is 1. The Morgan fingerprint density at radius 2 is 2.10 bits per heavy atom. The predicted molar refractivity (Wildman–Crippen MR) is 79.5 cm³/mol. The van der Waals surface area contributed by atoms with Crippen molar-refractivity contribution in [2.45, 2.75) is 33.3 Å². The maximum absolute atomic E-state index is 12.3. The number of amides is 1. The van der Waals surface area contributed by atoms with Crippen LogP contribution < -0.4 is 5.32 Å². The molecule has 0 aromatic heterocycles. The van der Waals surface area contributed by atoms with Gasteiger partial charge in [-0.15, -0.1) is 0 Å². The van der Waals surface area contributed by atoms with Crippen LogP contribution in [0.25, 0.3) is 0 Å². The normalized spacial score (nSPS) is 21.5. The standard InChI is InChI=1S/C16H21NO4/c1-9(2)12-6-7-21-14(12)15(18)17-11-5-4-10(3)13(8-11)16(19)20/h4-5,8-9,12,14H,6-7H2,1-3H3,(H,17,18)(H,19,20)/t12-,14-/m0/s1. The Bertz CT molecular complexity index is 553. The van der Waals surface area contributed by atoms with E-state index in [1.54, 1.807) is 19.1 Å². The number of anilines is 1. The van der Waals surface area contributed by atoms with E-state index in [2.05, 4.69) is 19.2 Å². The van der Waals surface area contributed by atoms with Crippen molar-refractivity contribution in [1.82, 2.24) is 0 Å². The first-order chi connectivity index (χ1) is 9.90. The largest absolute Gasteiger partial charge is 0.478 e. The Labute approximate surface area is 124 Å². The number of hydrogen-bond donors (Lipinski definition) is 2. The van der Waals surface area contributed by atoms with E-state index in [-0.39, 0.29) is 17.4 Å². The molecule has 2 N–H and O–H groups in total. The number of carbonyl (C=O) groups is 2. The van der Waals surface area contributed by atoms with Gasteiger partial charge in [0.05, 0.1) is 5.56 Å².